The molecule has 2 amide bonds. The average molecular weight is 417 g/mol. The van der Waals surface area contributed by atoms with Crippen molar-refractivity contribution in [2.75, 3.05) is 4.90 Å². The first-order chi connectivity index (χ1) is 11.2. The molecule has 0 spiro atoms. The van der Waals surface area contributed by atoms with Gasteiger partial charge in [0.1, 0.15) is 16.9 Å². The number of carbonyl (C=O) groups excluding carboxylic acids is 2. The molecule has 0 saturated heterocycles. The summed E-state index contributed by atoms with van der Waals surface area (Å²) in [6, 6.07) is 3.90. The molecule has 0 bridgehead atoms. The summed E-state index contributed by atoms with van der Waals surface area (Å²) in [6.45, 7) is 9.71. The number of nitro benzene ring substituents is 1. The Balaban J connectivity index is 3.46. The first-order valence-corrected chi connectivity index (χ1v) is 8.20. The number of amides is 2. The Kier molecular flexibility index (Phi) is 6.17. The van der Waals surface area contributed by atoms with E-state index in [0.717, 1.165) is 0 Å². The molecule has 0 N–H and O–H groups in total. The summed E-state index contributed by atoms with van der Waals surface area (Å²) < 4.78 is 10.9. The molecule has 0 radical (unpaired) electrons. The van der Waals surface area contributed by atoms with Crippen molar-refractivity contribution in [3.63, 3.8) is 0 Å². The minimum absolute atomic E-state index is 0.247. The van der Waals surface area contributed by atoms with Crippen LogP contribution in [-0.4, -0.2) is 28.3 Å². The van der Waals surface area contributed by atoms with Gasteiger partial charge in [0.2, 0.25) is 0 Å². The highest BCUT2D eigenvalue weighted by Gasteiger charge is 2.36. The van der Waals surface area contributed by atoms with E-state index in [0.29, 0.717) is 9.37 Å². The number of ether oxygens (including phenoxy) is 2. The minimum atomic E-state index is -1.07. The lowest BCUT2D eigenvalue weighted by molar-refractivity contribution is -0.384. The van der Waals surface area contributed by atoms with Gasteiger partial charge in [-0.3, -0.25) is 10.1 Å². The maximum atomic E-state index is 12.5. The maximum absolute atomic E-state index is 12.5. The molecule has 9 heteroatoms. The van der Waals surface area contributed by atoms with Crippen molar-refractivity contribution < 1.29 is 24.0 Å². The summed E-state index contributed by atoms with van der Waals surface area (Å²) in [4.78, 5) is 36.2. The van der Waals surface area contributed by atoms with Crippen molar-refractivity contribution in [2.24, 2.45) is 0 Å². The molecule has 0 unspecified atom stereocenters. The van der Waals surface area contributed by atoms with E-state index < -0.39 is 34.0 Å². The molecule has 0 aliphatic heterocycles. The van der Waals surface area contributed by atoms with E-state index in [4.69, 9.17) is 9.47 Å². The van der Waals surface area contributed by atoms with Crippen LogP contribution in [0, 0.1) is 10.1 Å². The first-order valence-electron chi connectivity index (χ1n) is 7.41. The van der Waals surface area contributed by atoms with E-state index >= 15 is 0 Å². The van der Waals surface area contributed by atoms with Crippen LogP contribution in [0.4, 0.5) is 21.0 Å². The third-order valence-electron chi connectivity index (χ3n) is 2.53. The second kappa shape index (κ2) is 7.38. The van der Waals surface area contributed by atoms with Crippen LogP contribution in [-0.2, 0) is 9.47 Å². The number of hydrogen-bond acceptors (Lipinski definition) is 6. The fraction of sp³-hybridized carbons (Fsp3) is 0.500. The molecule has 0 saturated carbocycles. The summed E-state index contributed by atoms with van der Waals surface area (Å²) in [5, 5.41) is 11.3. The van der Waals surface area contributed by atoms with E-state index in [1.165, 1.54) is 18.2 Å². The Morgan fingerprint density at radius 2 is 1.48 bits per heavy atom. The molecule has 0 aromatic heterocycles. The standard InChI is InChI=1S/C16H21BrN2O6/c1-15(2,3)24-13(20)18(14(21)25-16(4,5)6)12-9-10(17)7-8-11(12)19(22)23/h7-9H,1-6H3. The predicted octanol–water partition coefficient (Wildman–Crippen LogP) is 5.03. The lowest BCUT2D eigenvalue weighted by Gasteiger charge is -2.28. The van der Waals surface area contributed by atoms with E-state index in [2.05, 4.69) is 15.9 Å². The topological polar surface area (TPSA) is 99.0 Å². The van der Waals surface area contributed by atoms with Gasteiger partial charge in [0, 0.05) is 10.5 Å². The molecule has 25 heavy (non-hydrogen) atoms. The van der Waals surface area contributed by atoms with Gasteiger partial charge in [-0.05, 0) is 53.7 Å². The van der Waals surface area contributed by atoms with E-state index in [9.17, 15) is 19.7 Å². The fourth-order valence-corrected chi connectivity index (χ4v) is 2.07. The highest BCUT2D eigenvalue weighted by molar-refractivity contribution is 9.10. The van der Waals surface area contributed by atoms with Crippen LogP contribution in [0.1, 0.15) is 41.5 Å². The Bertz CT molecular complexity index is 663. The lowest BCUT2D eigenvalue weighted by atomic mass is 10.2. The Morgan fingerprint density at radius 1 is 1.04 bits per heavy atom. The lowest BCUT2D eigenvalue weighted by Crippen LogP contribution is -2.44. The quantitative estimate of drug-likeness (QED) is 0.494. The average Bonchev–Trinajstić information content (AvgIpc) is 2.33. The highest BCUT2D eigenvalue weighted by atomic mass is 79.9. The van der Waals surface area contributed by atoms with Crippen LogP contribution in [0.3, 0.4) is 0 Å². The largest absolute Gasteiger partial charge is 0.443 e. The molecule has 1 aromatic rings. The summed E-state index contributed by atoms with van der Waals surface area (Å²) in [5.74, 6) is 0. The molecule has 0 fully saturated rings. The highest BCUT2D eigenvalue weighted by Crippen LogP contribution is 2.33. The number of carbonyl (C=O) groups is 2. The van der Waals surface area contributed by atoms with Crippen molar-refractivity contribution >= 4 is 39.5 Å². The van der Waals surface area contributed by atoms with Gasteiger partial charge < -0.3 is 9.47 Å². The summed E-state index contributed by atoms with van der Waals surface area (Å²) >= 11 is 3.18. The molecule has 1 aromatic carbocycles. The van der Waals surface area contributed by atoms with Crippen molar-refractivity contribution in [3.05, 3.63) is 32.8 Å². The minimum Gasteiger partial charge on any atom is -0.443 e. The third kappa shape index (κ3) is 6.33. The molecular weight excluding hydrogens is 396 g/mol. The van der Waals surface area contributed by atoms with Crippen molar-refractivity contribution in [1.29, 1.82) is 0 Å². The number of anilines is 1. The van der Waals surface area contributed by atoms with Crippen molar-refractivity contribution in [2.45, 2.75) is 52.7 Å². The number of nitro groups is 1. The second-order valence-electron chi connectivity index (χ2n) is 7.19. The Hall–Kier alpha value is -2.16. The smallest absolute Gasteiger partial charge is 0.424 e. The van der Waals surface area contributed by atoms with Gasteiger partial charge >= 0.3 is 12.2 Å². The van der Waals surface area contributed by atoms with Gasteiger partial charge in [0.25, 0.3) is 5.69 Å². The SMILES string of the molecule is CC(C)(C)OC(=O)N(C(=O)OC(C)(C)C)c1cc(Br)ccc1[N+](=O)[O-]. The van der Waals surface area contributed by atoms with Crippen molar-refractivity contribution in [3.8, 4) is 0 Å². The van der Waals surface area contributed by atoms with E-state index in [1.807, 2.05) is 0 Å². The van der Waals surface area contributed by atoms with Crippen LogP contribution in [0.25, 0.3) is 0 Å². The van der Waals surface area contributed by atoms with Gasteiger partial charge in [-0.2, -0.15) is 4.90 Å². The number of rotatable bonds is 2. The predicted molar refractivity (Wildman–Crippen MR) is 95.7 cm³/mol. The van der Waals surface area contributed by atoms with Crippen LogP contribution in [0.2, 0.25) is 0 Å². The zero-order valence-electron chi connectivity index (χ0n) is 15.0. The molecule has 0 heterocycles. The zero-order valence-corrected chi connectivity index (χ0v) is 16.5. The van der Waals surface area contributed by atoms with E-state index in [1.54, 1.807) is 41.5 Å². The van der Waals surface area contributed by atoms with E-state index in [-0.39, 0.29) is 5.69 Å². The number of imide groups is 1. The summed E-state index contributed by atoms with van der Waals surface area (Å²) in [6.07, 6.45) is -2.13. The summed E-state index contributed by atoms with van der Waals surface area (Å²) in [5.41, 5.74) is -2.49. The molecule has 1 rings (SSSR count). The molecule has 0 aliphatic rings. The molecule has 0 atom stereocenters. The fourth-order valence-electron chi connectivity index (χ4n) is 1.72. The van der Waals surface area contributed by atoms with Gasteiger partial charge in [0.05, 0.1) is 4.92 Å². The van der Waals surface area contributed by atoms with Gasteiger partial charge in [-0.1, -0.05) is 15.9 Å². The van der Waals surface area contributed by atoms with Gasteiger partial charge in [-0.15, -0.1) is 0 Å². The van der Waals surface area contributed by atoms with Crippen LogP contribution < -0.4 is 4.90 Å². The molecule has 138 valence electrons. The molecular formula is C16H21BrN2O6. The summed E-state index contributed by atoms with van der Waals surface area (Å²) in [7, 11) is 0. The number of hydrogen-bond donors (Lipinski definition) is 0. The van der Waals surface area contributed by atoms with Crippen LogP contribution in [0.5, 0.6) is 0 Å². The zero-order chi connectivity index (χ0) is 19.6. The third-order valence-corrected chi connectivity index (χ3v) is 3.02. The van der Waals surface area contributed by atoms with Gasteiger partial charge in [0.15, 0.2) is 0 Å². The normalized spacial score (nSPS) is 11.6. The number of nitrogens with zero attached hydrogens (tertiary/aromatic N) is 2. The van der Waals surface area contributed by atoms with Crippen LogP contribution >= 0.6 is 15.9 Å². The molecule has 0 aliphatic carbocycles. The monoisotopic (exact) mass is 416 g/mol. The number of halogens is 1. The molecule has 8 nitrogen and oxygen atoms in total. The Labute approximate surface area is 154 Å². The second-order valence-corrected chi connectivity index (χ2v) is 8.10. The van der Waals surface area contributed by atoms with Crippen molar-refractivity contribution in [1.82, 2.24) is 0 Å². The maximum Gasteiger partial charge on any atom is 0.424 e. The first kappa shape index (κ1) is 20.9. The van der Waals surface area contributed by atoms with Gasteiger partial charge in [-0.25, -0.2) is 9.59 Å². The Morgan fingerprint density at radius 3 is 1.84 bits per heavy atom. The number of benzene rings is 1. The van der Waals surface area contributed by atoms with Crippen LogP contribution in [0.15, 0.2) is 22.7 Å².